The predicted molar refractivity (Wildman–Crippen MR) is 87.0 cm³/mol. The van der Waals surface area contributed by atoms with E-state index in [0.29, 0.717) is 26.2 Å². The summed E-state index contributed by atoms with van der Waals surface area (Å²) in [5.41, 5.74) is 0.984. The minimum absolute atomic E-state index is 0.0148. The van der Waals surface area contributed by atoms with Gasteiger partial charge in [0.1, 0.15) is 5.82 Å². The molecule has 1 atom stereocenters. The molecule has 0 bridgehead atoms. The van der Waals surface area contributed by atoms with Gasteiger partial charge in [-0.1, -0.05) is 0 Å². The maximum absolute atomic E-state index is 12.3. The minimum Gasteiger partial charge on any atom is -0.383 e. The highest BCUT2D eigenvalue weighted by Crippen LogP contribution is 2.18. The van der Waals surface area contributed by atoms with Crippen molar-refractivity contribution in [2.75, 3.05) is 45.8 Å². The summed E-state index contributed by atoms with van der Waals surface area (Å²) >= 11 is 0. The van der Waals surface area contributed by atoms with E-state index in [1.807, 2.05) is 31.1 Å². The smallest absolute Gasteiger partial charge is 0.225 e. The normalized spacial score (nSPS) is 17.4. The summed E-state index contributed by atoms with van der Waals surface area (Å²) in [6.45, 7) is 1.93. The number of pyridine rings is 1. The van der Waals surface area contributed by atoms with Crippen LogP contribution >= 0.6 is 0 Å². The van der Waals surface area contributed by atoms with Crippen LogP contribution in [0.25, 0.3) is 0 Å². The van der Waals surface area contributed by atoms with Crippen LogP contribution in [0.2, 0.25) is 0 Å². The van der Waals surface area contributed by atoms with Gasteiger partial charge in [-0.15, -0.1) is 0 Å². The largest absolute Gasteiger partial charge is 0.383 e. The Morgan fingerprint density at radius 3 is 3.00 bits per heavy atom. The number of hydrogen-bond acceptors (Lipinski definition) is 5. The van der Waals surface area contributed by atoms with Gasteiger partial charge in [-0.2, -0.15) is 0 Å². The third-order valence-corrected chi connectivity index (χ3v) is 3.89. The van der Waals surface area contributed by atoms with E-state index in [1.165, 1.54) is 0 Å². The number of hydrogen-bond donors (Lipinski definition) is 1. The highest BCUT2D eigenvalue weighted by atomic mass is 16.5. The number of ether oxygens (including phenoxy) is 1. The molecule has 2 rings (SSSR count). The van der Waals surface area contributed by atoms with Gasteiger partial charge < -0.3 is 19.9 Å². The molecule has 1 saturated heterocycles. The molecule has 0 spiro atoms. The second-order valence-electron chi connectivity index (χ2n) is 5.87. The third-order valence-electron chi connectivity index (χ3n) is 3.89. The fourth-order valence-electron chi connectivity index (χ4n) is 2.51. The van der Waals surface area contributed by atoms with Gasteiger partial charge in [-0.25, -0.2) is 4.98 Å². The minimum atomic E-state index is -0.283. The molecule has 1 aliphatic rings. The first-order chi connectivity index (χ1) is 11.0. The molecule has 2 heterocycles. The van der Waals surface area contributed by atoms with Gasteiger partial charge in [0.2, 0.25) is 11.8 Å². The molecule has 1 aromatic rings. The molecular weight excluding hydrogens is 296 g/mol. The van der Waals surface area contributed by atoms with Crippen LogP contribution in [0.15, 0.2) is 18.3 Å². The third kappa shape index (κ3) is 4.66. The van der Waals surface area contributed by atoms with Crippen LogP contribution in [0.3, 0.4) is 0 Å². The van der Waals surface area contributed by atoms with Gasteiger partial charge >= 0.3 is 0 Å². The molecule has 1 fully saturated rings. The standard InChI is InChI=1S/C16H24N4O3/c1-19(2)14-8-12(4-5-17-14)10-18-16(22)13-9-15(21)20(11-13)6-7-23-3/h4-5,8,13H,6-7,9-11H2,1-3H3,(H,18,22)/t13-/m1/s1. The molecule has 0 radical (unpaired) electrons. The Balaban J connectivity index is 1.86. The zero-order valence-electron chi connectivity index (χ0n) is 13.9. The topological polar surface area (TPSA) is 74.8 Å². The molecule has 23 heavy (non-hydrogen) atoms. The summed E-state index contributed by atoms with van der Waals surface area (Å²) in [7, 11) is 5.44. The summed E-state index contributed by atoms with van der Waals surface area (Å²) in [6.07, 6.45) is 2.00. The molecule has 2 amide bonds. The van der Waals surface area contributed by atoms with E-state index >= 15 is 0 Å². The Bertz CT molecular complexity index is 562. The number of nitrogens with zero attached hydrogens (tertiary/aromatic N) is 3. The number of amides is 2. The van der Waals surface area contributed by atoms with Gasteiger partial charge in [0.15, 0.2) is 0 Å². The molecule has 1 aromatic heterocycles. The molecule has 1 N–H and O–H groups in total. The Labute approximate surface area is 136 Å². The molecule has 7 heteroatoms. The van der Waals surface area contributed by atoms with E-state index in [0.717, 1.165) is 11.4 Å². The second-order valence-corrected chi connectivity index (χ2v) is 5.87. The number of carbonyl (C=O) groups excluding carboxylic acids is 2. The highest BCUT2D eigenvalue weighted by Gasteiger charge is 2.33. The van der Waals surface area contributed by atoms with Gasteiger partial charge in [0.25, 0.3) is 0 Å². The molecule has 126 valence electrons. The van der Waals surface area contributed by atoms with Crippen molar-refractivity contribution in [1.29, 1.82) is 0 Å². The zero-order valence-corrected chi connectivity index (χ0v) is 13.9. The molecule has 0 unspecified atom stereocenters. The number of anilines is 1. The molecule has 1 aliphatic heterocycles. The summed E-state index contributed by atoms with van der Waals surface area (Å²) in [5.74, 6) is 0.496. The summed E-state index contributed by atoms with van der Waals surface area (Å²) in [6, 6.07) is 3.81. The number of carbonyl (C=O) groups is 2. The highest BCUT2D eigenvalue weighted by molar-refractivity contribution is 5.89. The average molecular weight is 320 g/mol. The fraction of sp³-hybridized carbons (Fsp3) is 0.562. The van der Waals surface area contributed by atoms with E-state index in [1.54, 1.807) is 18.2 Å². The van der Waals surface area contributed by atoms with Crippen molar-refractivity contribution in [1.82, 2.24) is 15.2 Å². The van der Waals surface area contributed by atoms with Crippen molar-refractivity contribution in [2.45, 2.75) is 13.0 Å². The molecule has 0 aliphatic carbocycles. The summed E-state index contributed by atoms with van der Waals surface area (Å²) < 4.78 is 4.98. The number of nitrogens with one attached hydrogen (secondary N) is 1. The van der Waals surface area contributed by atoms with Gasteiger partial charge in [0.05, 0.1) is 12.5 Å². The van der Waals surface area contributed by atoms with Crippen LogP contribution in [-0.4, -0.2) is 62.6 Å². The van der Waals surface area contributed by atoms with Gasteiger partial charge in [-0.05, 0) is 17.7 Å². The van der Waals surface area contributed by atoms with Crippen LogP contribution in [0, 0.1) is 5.92 Å². The first kappa shape index (κ1) is 17.2. The lowest BCUT2D eigenvalue weighted by molar-refractivity contribution is -0.129. The Kier molecular flexibility index (Phi) is 5.92. The van der Waals surface area contributed by atoms with Crippen molar-refractivity contribution in [3.63, 3.8) is 0 Å². The van der Waals surface area contributed by atoms with Gasteiger partial charge in [-0.3, -0.25) is 9.59 Å². The van der Waals surface area contributed by atoms with Crippen molar-refractivity contribution in [3.8, 4) is 0 Å². The lowest BCUT2D eigenvalue weighted by Crippen LogP contribution is -2.33. The Morgan fingerprint density at radius 2 is 2.30 bits per heavy atom. The van der Waals surface area contributed by atoms with Crippen molar-refractivity contribution in [2.24, 2.45) is 5.92 Å². The Hall–Kier alpha value is -2.15. The van der Waals surface area contributed by atoms with Crippen LogP contribution in [0.5, 0.6) is 0 Å². The van der Waals surface area contributed by atoms with E-state index in [9.17, 15) is 9.59 Å². The van der Waals surface area contributed by atoms with E-state index in [4.69, 9.17) is 4.74 Å². The SMILES string of the molecule is COCCN1C[C@H](C(=O)NCc2ccnc(N(C)C)c2)CC1=O. The quantitative estimate of drug-likeness (QED) is 0.780. The predicted octanol–water partition coefficient (Wildman–Crippen LogP) is 0.259. The zero-order chi connectivity index (χ0) is 16.8. The molecular formula is C16H24N4O3. The monoisotopic (exact) mass is 320 g/mol. The molecule has 0 aromatic carbocycles. The average Bonchev–Trinajstić information content (AvgIpc) is 2.92. The fourth-order valence-corrected chi connectivity index (χ4v) is 2.51. The number of aromatic nitrogens is 1. The van der Waals surface area contributed by atoms with Crippen LogP contribution in [0.4, 0.5) is 5.82 Å². The first-order valence-electron chi connectivity index (χ1n) is 7.68. The van der Waals surface area contributed by atoms with Crippen molar-refractivity contribution >= 4 is 17.6 Å². The maximum atomic E-state index is 12.3. The van der Waals surface area contributed by atoms with Crippen LogP contribution in [-0.2, 0) is 20.9 Å². The summed E-state index contributed by atoms with van der Waals surface area (Å²) in [4.78, 5) is 32.0. The number of likely N-dealkylation sites (tertiary alicyclic amines) is 1. The van der Waals surface area contributed by atoms with Crippen molar-refractivity contribution in [3.05, 3.63) is 23.9 Å². The summed E-state index contributed by atoms with van der Waals surface area (Å²) in [5, 5.41) is 2.91. The molecule has 7 nitrogen and oxygen atoms in total. The second kappa shape index (κ2) is 7.92. The maximum Gasteiger partial charge on any atom is 0.225 e. The lowest BCUT2D eigenvalue weighted by Gasteiger charge is -2.16. The Morgan fingerprint density at radius 1 is 1.52 bits per heavy atom. The van der Waals surface area contributed by atoms with E-state index in [2.05, 4.69) is 10.3 Å². The van der Waals surface area contributed by atoms with Crippen molar-refractivity contribution < 1.29 is 14.3 Å². The first-order valence-corrected chi connectivity index (χ1v) is 7.68. The van der Waals surface area contributed by atoms with E-state index in [-0.39, 0.29) is 24.2 Å². The number of rotatable bonds is 7. The van der Waals surface area contributed by atoms with Gasteiger partial charge in [0, 0.05) is 53.5 Å². The number of methoxy groups -OCH3 is 1. The molecule has 0 saturated carbocycles. The van der Waals surface area contributed by atoms with Crippen LogP contribution < -0.4 is 10.2 Å². The lowest BCUT2D eigenvalue weighted by atomic mass is 10.1. The van der Waals surface area contributed by atoms with Crippen LogP contribution in [0.1, 0.15) is 12.0 Å². The van der Waals surface area contributed by atoms with E-state index < -0.39 is 0 Å².